The first kappa shape index (κ1) is 20.6. The number of rotatable bonds is 7. The molecule has 0 aromatic carbocycles. The molecule has 2 atom stereocenters. The molecule has 12 nitrogen and oxygen atoms in total. The zero-order chi connectivity index (χ0) is 21.1. The Kier molecular flexibility index (Phi) is 6.03. The van der Waals surface area contributed by atoms with Crippen LogP contribution in [0.5, 0.6) is 0 Å². The highest BCUT2D eigenvalue weighted by Gasteiger charge is 2.54. The normalized spacial score (nSPS) is 21.2. The minimum atomic E-state index is -1.35. The van der Waals surface area contributed by atoms with Crippen LogP contribution in [-0.4, -0.2) is 75.5 Å². The molecule has 0 saturated carbocycles. The van der Waals surface area contributed by atoms with Crippen LogP contribution >= 0.6 is 23.1 Å². The standard InChI is InChI=1S/C15H15N5O7S2/c1-26-19-8(7-4-28-5-17-7)11(21)18-9-12(22)20-10(14(23)24)6(2-27-15(16)25)3-29-13(9)20/h4-5,9,13H,2-3H2,1H3,(H2,16,25)(H,18,21)(H,23,24)/t9?,13-/m0/s1. The van der Waals surface area contributed by atoms with Crippen molar-refractivity contribution >= 4 is 52.7 Å². The monoisotopic (exact) mass is 441 g/mol. The number of primary amides is 1. The SMILES string of the molecule is CON=C(C(=O)NC1C(=O)N2C(C(=O)O)=C(COC(N)=O)CS[C@@H]12)c1cscn1. The fourth-order valence-corrected chi connectivity index (χ4v) is 4.65. The number of carbonyl (C=O) groups excluding carboxylic acids is 3. The van der Waals surface area contributed by atoms with Crippen LogP contribution in [0.1, 0.15) is 5.69 Å². The Morgan fingerprint density at radius 2 is 2.24 bits per heavy atom. The Hall–Kier alpha value is -3.13. The first-order valence-corrected chi connectivity index (χ1v) is 9.97. The van der Waals surface area contributed by atoms with Gasteiger partial charge in [-0.25, -0.2) is 14.6 Å². The summed E-state index contributed by atoms with van der Waals surface area (Å²) < 4.78 is 4.66. The van der Waals surface area contributed by atoms with E-state index in [9.17, 15) is 24.3 Å². The molecule has 29 heavy (non-hydrogen) atoms. The summed E-state index contributed by atoms with van der Waals surface area (Å²) in [5, 5.41) is 16.7. The van der Waals surface area contributed by atoms with Crippen molar-refractivity contribution in [3.63, 3.8) is 0 Å². The lowest BCUT2D eigenvalue weighted by atomic mass is 10.0. The number of thioether (sulfide) groups is 1. The van der Waals surface area contributed by atoms with Gasteiger partial charge in [-0.05, 0) is 0 Å². The number of carbonyl (C=O) groups is 4. The summed E-state index contributed by atoms with van der Waals surface area (Å²) in [5.41, 5.74) is 6.56. The maximum absolute atomic E-state index is 12.6. The number of nitrogens with zero attached hydrogens (tertiary/aromatic N) is 3. The minimum Gasteiger partial charge on any atom is -0.477 e. The lowest BCUT2D eigenvalue weighted by molar-refractivity contribution is -0.150. The van der Waals surface area contributed by atoms with Crippen LogP contribution in [0.25, 0.3) is 0 Å². The van der Waals surface area contributed by atoms with Crippen molar-refractivity contribution in [3.05, 3.63) is 27.9 Å². The molecule has 3 rings (SSSR count). The average molecular weight is 441 g/mol. The van der Waals surface area contributed by atoms with Crippen molar-refractivity contribution in [1.29, 1.82) is 0 Å². The number of hydrogen-bond acceptors (Lipinski definition) is 10. The summed E-state index contributed by atoms with van der Waals surface area (Å²) in [5.74, 6) is -2.46. The van der Waals surface area contributed by atoms with Gasteiger partial charge in [-0.1, -0.05) is 5.16 Å². The molecule has 1 fully saturated rings. The third-order valence-electron chi connectivity index (χ3n) is 4.00. The fourth-order valence-electron chi connectivity index (χ4n) is 2.79. The van der Waals surface area contributed by atoms with E-state index in [2.05, 4.69) is 25.0 Å². The number of carboxylic acids is 1. The number of aromatic nitrogens is 1. The Balaban J connectivity index is 1.77. The van der Waals surface area contributed by atoms with Crippen LogP contribution < -0.4 is 11.1 Å². The second kappa shape index (κ2) is 8.48. The highest BCUT2D eigenvalue weighted by atomic mass is 32.2. The summed E-state index contributed by atoms with van der Waals surface area (Å²) >= 11 is 2.48. The molecule has 14 heteroatoms. The van der Waals surface area contributed by atoms with Gasteiger partial charge in [0.15, 0.2) is 5.71 Å². The molecule has 1 unspecified atom stereocenters. The Bertz CT molecular complexity index is 914. The second-order valence-electron chi connectivity index (χ2n) is 5.72. The molecule has 3 amide bonds. The molecule has 1 aromatic heterocycles. The summed E-state index contributed by atoms with van der Waals surface area (Å²) in [7, 11) is 1.27. The van der Waals surface area contributed by atoms with Gasteiger partial charge in [-0.2, -0.15) is 0 Å². The number of oxime groups is 1. The lowest BCUT2D eigenvalue weighted by Gasteiger charge is -2.49. The van der Waals surface area contributed by atoms with E-state index >= 15 is 0 Å². The van der Waals surface area contributed by atoms with Crippen LogP contribution in [0.4, 0.5) is 4.79 Å². The lowest BCUT2D eigenvalue weighted by Crippen LogP contribution is -2.71. The number of aliphatic carboxylic acids is 1. The van der Waals surface area contributed by atoms with E-state index < -0.39 is 35.3 Å². The Morgan fingerprint density at radius 1 is 1.48 bits per heavy atom. The fraction of sp³-hybridized carbons (Fsp3) is 0.333. The number of ether oxygens (including phenoxy) is 1. The molecule has 2 aliphatic rings. The molecule has 0 spiro atoms. The van der Waals surface area contributed by atoms with Crippen molar-refractivity contribution in [2.24, 2.45) is 10.9 Å². The number of carboxylic acid groups (broad SMARTS) is 1. The van der Waals surface area contributed by atoms with Gasteiger partial charge in [0.05, 0.1) is 5.51 Å². The highest BCUT2D eigenvalue weighted by molar-refractivity contribution is 8.00. The first-order valence-electron chi connectivity index (χ1n) is 7.98. The smallest absolute Gasteiger partial charge is 0.404 e. The first-order chi connectivity index (χ1) is 13.8. The van der Waals surface area contributed by atoms with Crippen molar-refractivity contribution < 1.29 is 33.9 Å². The molecule has 0 radical (unpaired) electrons. The Labute approximate surface area is 171 Å². The molecular weight excluding hydrogens is 426 g/mol. The maximum Gasteiger partial charge on any atom is 0.404 e. The average Bonchev–Trinajstić information content (AvgIpc) is 3.21. The van der Waals surface area contributed by atoms with E-state index in [1.54, 1.807) is 5.38 Å². The summed E-state index contributed by atoms with van der Waals surface area (Å²) in [6, 6.07) is -0.957. The molecule has 2 aliphatic heterocycles. The zero-order valence-corrected chi connectivity index (χ0v) is 16.5. The van der Waals surface area contributed by atoms with Crippen molar-refractivity contribution in [2.75, 3.05) is 19.5 Å². The molecule has 1 saturated heterocycles. The van der Waals surface area contributed by atoms with Crippen LogP contribution in [0.15, 0.2) is 27.3 Å². The van der Waals surface area contributed by atoms with E-state index in [4.69, 9.17) is 5.73 Å². The van der Waals surface area contributed by atoms with Gasteiger partial charge in [0, 0.05) is 16.7 Å². The zero-order valence-electron chi connectivity index (χ0n) is 14.9. The predicted molar refractivity (Wildman–Crippen MR) is 101 cm³/mol. The van der Waals surface area contributed by atoms with E-state index in [1.165, 1.54) is 35.7 Å². The summed E-state index contributed by atoms with van der Waals surface area (Å²) in [6.45, 7) is -0.341. The van der Waals surface area contributed by atoms with Gasteiger partial charge in [0.1, 0.15) is 36.5 Å². The maximum atomic E-state index is 12.6. The molecule has 154 valence electrons. The molecule has 3 heterocycles. The van der Waals surface area contributed by atoms with Gasteiger partial charge in [0.2, 0.25) is 0 Å². The van der Waals surface area contributed by atoms with E-state index in [1.807, 2.05) is 0 Å². The third-order valence-corrected chi connectivity index (χ3v) is 5.92. The van der Waals surface area contributed by atoms with Crippen molar-refractivity contribution in [2.45, 2.75) is 11.4 Å². The van der Waals surface area contributed by atoms with E-state index in [0.717, 1.165) is 4.90 Å². The van der Waals surface area contributed by atoms with Crippen LogP contribution in [0.2, 0.25) is 0 Å². The van der Waals surface area contributed by atoms with E-state index in [0.29, 0.717) is 0 Å². The van der Waals surface area contributed by atoms with Gasteiger partial charge >= 0.3 is 12.1 Å². The largest absolute Gasteiger partial charge is 0.477 e. The van der Waals surface area contributed by atoms with E-state index in [-0.39, 0.29) is 35.0 Å². The quantitative estimate of drug-likeness (QED) is 0.281. The molecule has 1 aromatic rings. The van der Waals surface area contributed by atoms with Crippen molar-refractivity contribution in [1.82, 2.24) is 15.2 Å². The third kappa shape index (κ3) is 4.02. The van der Waals surface area contributed by atoms with Gasteiger partial charge in [-0.15, -0.1) is 23.1 Å². The predicted octanol–water partition coefficient (Wildman–Crippen LogP) is -0.672. The van der Waals surface area contributed by atoms with Crippen LogP contribution in [-0.2, 0) is 24.0 Å². The van der Waals surface area contributed by atoms with Crippen LogP contribution in [0, 0.1) is 0 Å². The topological polar surface area (TPSA) is 174 Å². The van der Waals surface area contributed by atoms with Crippen LogP contribution in [0.3, 0.4) is 0 Å². The van der Waals surface area contributed by atoms with Crippen molar-refractivity contribution in [3.8, 4) is 0 Å². The number of nitrogens with one attached hydrogen (secondary N) is 1. The molecular formula is C15H15N5O7S2. The Morgan fingerprint density at radius 3 is 2.83 bits per heavy atom. The summed E-state index contributed by atoms with van der Waals surface area (Å²) in [4.78, 5) is 57.3. The number of β-lactam (4-membered cyclic amide) rings is 1. The highest BCUT2D eigenvalue weighted by Crippen LogP contribution is 2.40. The minimum absolute atomic E-state index is 0.106. The second-order valence-corrected chi connectivity index (χ2v) is 7.55. The molecule has 0 bridgehead atoms. The van der Waals surface area contributed by atoms with Gasteiger partial charge in [-0.3, -0.25) is 14.5 Å². The van der Waals surface area contributed by atoms with Gasteiger partial charge in [0.25, 0.3) is 11.8 Å². The number of nitrogens with two attached hydrogens (primary N) is 1. The number of thiazole rings is 1. The number of hydrogen-bond donors (Lipinski definition) is 3. The van der Waals surface area contributed by atoms with Gasteiger partial charge < -0.3 is 25.7 Å². The number of amides is 3. The number of fused-ring (bicyclic) bond motifs is 1. The molecule has 4 N–H and O–H groups in total. The summed E-state index contributed by atoms with van der Waals surface area (Å²) in [6.07, 6.45) is -1.05. The molecule has 0 aliphatic carbocycles.